The molecular weight excluding hydrogens is 186 g/mol. The first kappa shape index (κ1) is 9.22. The number of thioether (sulfide) groups is 2. The molecule has 0 spiro atoms. The first-order valence-electron chi connectivity index (χ1n) is 4.92. The zero-order valence-electron chi connectivity index (χ0n) is 7.42. The lowest BCUT2D eigenvalue weighted by Gasteiger charge is -2.25. The molecule has 1 atom stereocenters. The summed E-state index contributed by atoms with van der Waals surface area (Å²) in [5, 5.41) is 3.62. The fourth-order valence-electron chi connectivity index (χ4n) is 1.90. The van der Waals surface area contributed by atoms with Gasteiger partial charge in [0.15, 0.2) is 0 Å². The second kappa shape index (κ2) is 4.77. The molecule has 1 nitrogen and oxygen atoms in total. The first-order chi connectivity index (χ1) is 5.95. The van der Waals surface area contributed by atoms with E-state index in [-0.39, 0.29) is 0 Å². The van der Waals surface area contributed by atoms with Gasteiger partial charge in [0.05, 0.1) is 4.58 Å². The normalized spacial score (nSPS) is 32.5. The van der Waals surface area contributed by atoms with Crippen LogP contribution in [0.4, 0.5) is 0 Å². The van der Waals surface area contributed by atoms with Crippen molar-refractivity contribution in [1.29, 1.82) is 0 Å². The second-order valence-electron chi connectivity index (χ2n) is 3.55. The molecule has 1 unspecified atom stereocenters. The molecule has 0 saturated carbocycles. The Morgan fingerprint density at radius 2 is 2.00 bits per heavy atom. The van der Waals surface area contributed by atoms with Crippen LogP contribution in [0.15, 0.2) is 0 Å². The summed E-state index contributed by atoms with van der Waals surface area (Å²) in [4.78, 5) is 0. The van der Waals surface area contributed by atoms with E-state index in [4.69, 9.17) is 0 Å². The van der Waals surface area contributed by atoms with Gasteiger partial charge in [0.2, 0.25) is 0 Å². The van der Waals surface area contributed by atoms with E-state index in [9.17, 15) is 0 Å². The summed E-state index contributed by atoms with van der Waals surface area (Å²) in [5.41, 5.74) is 0. The van der Waals surface area contributed by atoms with Crippen LogP contribution in [-0.2, 0) is 0 Å². The highest BCUT2D eigenvalue weighted by Crippen LogP contribution is 2.35. The summed E-state index contributed by atoms with van der Waals surface area (Å²) in [6, 6.07) is 0.835. The minimum Gasteiger partial charge on any atom is -0.314 e. The van der Waals surface area contributed by atoms with Crippen LogP contribution in [0.3, 0.4) is 0 Å². The van der Waals surface area contributed by atoms with Crippen molar-refractivity contribution >= 4 is 23.5 Å². The minimum absolute atomic E-state index is 0.835. The number of nitrogens with one attached hydrogen (secondary N) is 1. The van der Waals surface area contributed by atoms with Crippen molar-refractivity contribution in [2.45, 2.75) is 36.3 Å². The Balaban J connectivity index is 1.69. The first-order valence-corrected chi connectivity index (χ1v) is 7.01. The predicted molar refractivity (Wildman–Crippen MR) is 59.0 cm³/mol. The van der Waals surface area contributed by atoms with Crippen molar-refractivity contribution in [3.8, 4) is 0 Å². The molecule has 0 radical (unpaired) electrons. The Hall–Kier alpha value is 0.660. The Kier molecular flexibility index (Phi) is 3.67. The summed E-state index contributed by atoms with van der Waals surface area (Å²) in [6.45, 7) is 1.26. The van der Waals surface area contributed by atoms with Crippen LogP contribution in [-0.4, -0.2) is 28.7 Å². The van der Waals surface area contributed by atoms with E-state index in [2.05, 4.69) is 28.8 Å². The number of piperidine rings is 1. The molecule has 12 heavy (non-hydrogen) atoms. The minimum atomic E-state index is 0.835. The van der Waals surface area contributed by atoms with Gasteiger partial charge in [-0.3, -0.25) is 0 Å². The lowest BCUT2D eigenvalue weighted by atomic mass is 10.0. The number of hydrogen-bond acceptors (Lipinski definition) is 3. The van der Waals surface area contributed by atoms with Gasteiger partial charge in [-0.2, -0.15) is 0 Å². The SMILES string of the molecule is C1CCC(CC2SCCS2)NC1. The molecule has 3 heteroatoms. The molecule has 0 aliphatic carbocycles. The molecule has 2 fully saturated rings. The van der Waals surface area contributed by atoms with E-state index in [0.29, 0.717) is 0 Å². The van der Waals surface area contributed by atoms with Crippen molar-refractivity contribution < 1.29 is 0 Å². The quantitative estimate of drug-likeness (QED) is 0.740. The van der Waals surface area contributed by atoms with Crippen LogP contribution in [0.1, 0.15) is 25.7 Å². The largest absolute Gasteiger partial charge is 0.314 e. The lowest BCUT2D eigenvalue weighted by molar-refractivity contribution is 0.391. The van der Waals surface area contributed by atoms with Gasteiger partial charge in [-0.1, -0.05) is 6.42 Å². The fourth-order valence-corrected chi connectivity index (χ4v) is 4.90. The van der Waals surface area contributed by atoms with Gasteiger partial charge in [0, 0.05) is 17.5 Å². The zero-order chi connectivity index (χ0) is 8.23. The Bertz CT molecular complexity index is 128. The summed E-state index contributed by atoms with van der Waals surface area (Å²) in [6.07, 6.45) is 5.65. The molecule has 0 amide bonds. The van der Waals surface area contributed by atoms with Gasteiger partial charge >= 0.3 is 0 Å². The van der Waals surface area contributed by atoms with Gasteiger partial charge in [-0.15, -0.1) is 23.5 Å². The Morgan fingerprint density at radius 3 is 2.67 bits per heavy atom. The average Bonchev–Trinajstić information content (AvgIpc) is 2.59. The van der Waals surface area contributed by atoms with Crippen LogP contribution >= 0.6 is 23.5 Å². The molecule has 0 aromatic heterocycles. The molecule has 0 aromatic rings. The smallest absolute Gasteiger partial charge is 0.0517 e. The van der Waals surface area contributed by atoms with Gasteiger partial charge < -0.3 is 5.32 Å². The molecule has 1 N–H and O–H groups in total. The van der Waals surface area contributed by atoms with Crippen molar-refractivity contribution in [1.82, 2.24) is 5.32 Å². The number of hydrogen-bond donors (Lipinski definition) is 1. The van der Waals surface area contributed by atoms with E-state index in [0.717, 1.165) is 10.6 Å². The van der Waals surface area contributed by atoms with Crippen molar-refractivity contribution in [3.05, 3.63) is 0 Å². The third-order valence-electron chi connectivity index (χ3n) is 2.58. The van der Waals surface area contributed by atoms with Gasteiger partial charge in [0.1, 0.15) is 0 Å². The molecule has 0 aromatic carbocycles. The summed E-state index contributed by atoms with van der Waals surface area (Å²) in [7, 11) is 0. The Morgan fingerprint density at radius 1 is 1.17 bits per heavy atom. The van der Waals surface area contributed by atoms with Gasteiger partial charge in [-0.25, -0.2) is 0 Å². The predicted octanol–water partition coefficient (Wildman–Crippen LogP) is 2.32. The maximum Gasteiger partial charge on any atom is 0.0517 e. The van der Waals surface area contributed by atoms with Gasteiger partial charge in [-0.05, 0) is 25.8 Å². The molecule has 2 aliphatic rings. The maximum atomic E-state index is 3.62. The number of rotatable bonds is 2. The van der Waals surface area contributed by atoms with Crippen LogP contribution < -0.4 is 5.32 Å². The van der Waals surface area contributed by atoms with Crippen LogP contribution in [0, 0.1) is 0 Å². The maximum absolute atomic E-state index is 3.62. The molecule has 2 heterocycles. The zero-order valence-corrected chi connectivity index (χ0v) is 9.05. The van der Waals surface area contributed by atoms with E-state index in [1.165, 1.54) is 43.7 Å². The third kappa shape index (κ3) is 2.57. The average molecular weight is 203 g/mol. The molecule has 2 saturated heterocycles. The summed E-state index contributed by atoms with van der Waals surface area (Å²) in [5.74, 6) is 2.75. The van der Waals surface area contributed by atoms with Crippen molar-refractivity contribution in [3.63, 3.8) is 0 Å². The monoisotopic (exact) mass is 203 g/mol. The van der Waals surface area contributed by atoms with Crippen molar-refractivity contribution in [2.75, 3.05) is 18.1 Å². The molecule has 2 rings (SSSR count). The fraction of sp³-hybridized carbons (Fsp3) is 1.00. The lowest BCUT2D eigenvalue weighted by Crippen LogP contribution is -2.35. The van der Waals surface area contributed by atoms with E-state index >= 15 is 0 Å². The molecular formula is C9H17NS2. The molecule has 0 bridgehead atoms. The third-order valence-corrected chi connectivity index (χ3v) is 5.66. The summed E-state index contributed by atoms with van der Waals surface area (Å²) >= 11 is 4.32. The summed E-state index contributed by atoms with van der Waals surface area (Å²) < 4.78 is 0.903. The van der Waals surface area contributed by atoms with Crippen LogP contribution in [0.5, 0.6) is 0 Å². The van der Waals surface area contributed by atoms with E-state index in [1.807, 2.05) is 0 Å². The van der Waals surface area contributed by atoms with Crippen molar-refractivity contribution in [2.24, 2.45) is 0 Å². The Labute approximate surface area is 83.4 Å². The molecule has 70 valence electrons. The molecule has 2 aliphatic heterocycles. The van der Waals surface area contributed by atoms with Crippen LogP contribution in [0.2, 0.25) is 0 Å². The topological polar surface area (TPSA) is 12.0 Å². The second-order valence-corrected chi connectivity index (χ2v) is 6.47. The highest BCUT2D eigenvalue weighted by atomic mass is 32.2. The van der Waals surface area contributed by atoms with E-state index in [1.54, 1.807) is 0 Å². The van der Waals surface area contributed by atoms with Gasteiger partial charge in [0.25, 0.3) is 0 Å². The highest BCUT2D eigenvalue weighted by Gasteiger charge is 2.21. The highest BCUT2D eigenvalue weighted by molar-refractivity contribution is 8.20. The van der Waals surface area contributed by atoms with Crippen LogP contribution in [0.25, 0.3) is 0 Å². The standard InChI is InChI=1S/C9H17NS2/c1-2-4-10-8(3-1)7-9-11-5-6-12-9/h8-10H,1-7H2. The van der Waals surface area contributed by atoms with E-state index < -0.39 is 0 Å².